The number of rotatable bonds is 6. The summed E-state index contributed by atoms with van der Waals surface area (Å²) in [6.07, 6.45) is 4.96. The number of imidazole rings is 1. The van der Waals surface area contributed by atoms with Gasteiger partial charge in [0.1, 0.15) is 23.0 Å². The first-order valence-electron chi connectivity index (χ1n) is 8.70. The van der Waals surface area contributed by atoms with Crippen LogP contribution in [0.5, 0.6) is 5.75 Å². The molecule has 0 saturated heterocycles. The first-order valence-corrected chi connectivity index (χ1v) is 10.2. The summed E-state index contributed by atoms with van der Waals surface area (Å²) >= 11 is 24.5. The lowest BCUT2D eigenvalue weighted by molar-refractivity contribution is -0.159. The van der Waals surface area contributed by atoms with Gasteiger partial charge in [-0.25, -0.2) is 14.6 Å². The van der Waals surface area contributed by atoms with Crippen LogP contribution < -0.4 is 4.74 Å². The number of ether oxygens (including phenoxy) is 1. The number of hydrogen-bond acceptors (Lipinski definition) is 5. The molecule has 1 unspecified atom stereocenters. The minimum atomic E-state index is -1.82. The molecule has 1 heterocycles. The molecular formula is C20H16Cl4N2O6. The van der Waals surface area contributed by atoms with Crippen LogP contribution in [-0.4, -0.2) is 43.4 Å². The van der Waals surface area contributed by atoms with E-state index in [1.807, 2.05) is 0 Å². The van der Waals surface area contributed by atoms with E-state index < -0.39 is 17.5 Å². The minimum absolute atomic E-state index is 0.105. The SMILES string of the molecule is O=C(O)C(=O)O.OC(COc1cccc(Cl)c1Cl)(Cn1ccnc1)c1ccc(Cl)cc1Cl. The van der Waals surface area contributed by atoms with Gasteiger partial charge in [0.25, 0.3) is 0 Å². The third-order valence-corrected chi connectivity index (χ3v) is 5.35. The van der Waals surface area contributed by atoms with Crippen LogP contribution in [0.2, 0.25) is 20.1 Å². The highest BCUT2D eigenvalue weighted by atomic mass is 35.5. The monoisotopic (exact) mass is 520 g/mol. The third kappa shape index (κ3) is 7.01. The Labute approximate surface area is 202 Å². The molecule has 0 amide bonds. The summed E-state index contributed by atoms with van der Waals surface area (Å²) in [6.45, 7) is 0.0686. The normalized spacial score (nSPS) is 12.3. The lowest BCUT2D eigenvalue weighted by atomic mass is 9.94. The number of carboxylic acids is 2. The van der Waals surface area contributed by atoms with Crippen molar-refractivity contribution in [3.63, 3.8) is 0 Å². The van der Waals surface area contributed by atoms with E-state index in [0.29, 0.717) is 26.4 Å². The lowest BCUT2D eigenvalue weighted by Crippen LogP contribution is -2.38. The fraction of sp³-hybridized carbons (Fsp3) is 0.150. The van der Waals surface area contributed by atoms with E-state index in [4.69, 9.17) is 70.9 Å². The molecule has 3 rings (SSSR count). The molecule has 8 nitrogen and oxygen atoms in total. The molecule has 2 aromatic carbocycles. The third-order valence-electron chi connectivity index (χ3n) is 4.00. The van der Waals surface area contributed by atoms with Crippen molar-refractivity contribution in [2.75, 3.05) is 6.61 Å². The van der Waals surface area contributed by atoms with Crippen LogP contribution >= 0.6 is 46.4 Å². The average Bonchev–Trinajstić information content (AvgIpc) is 3.22. The van der Waals surface area contributed by atoms with Crippen LogP contribution in [0.4, 0.5) is 0 Å². The molecule has 32 heavy (non-hydrogen) atoms. The van der Waals surface area contributed by atoms with Crippen LogP contribution in [0.1, 0.15) is 5.56 Å². The van der Waals surface area contributed by atoms with Gasteiger partial charge in [-0.2, -0.15) is 0 Å². The first-order chi connectivity index (χ1) is 15.0. The van der Waals surface area contributed by atoms with Crippen molar-refractivity contribution in [2.45, 2.75) is 12.1 Å². The van der Waals surface area contributed by atoms with Gasteiger partial charge < -0.3 is 24.6 Å². The van der Waals surface area contributed by atoms with E-state index in [0.717, 1.165) is 0 Å². The van der Waals surface area contributed by atoms with Crippen molar-refractivity contribution in [3.8, 4) is 5.75 Å². The molecule has 0 fully saturated rings. The highest BCUT2D eigenvalue weighted by Crippen LogP contribution is 2.35. The molecule has 1 aromatic heterocycles. The summed E-state index contributed by atoms with van der Waals surface area (Å²) in [5.41, 5.74) is -0.969. The standard InChI is InChI=1S/C18H14Cl4N2O2.C2H2O4/c19-12-4-5-13(15(21)8-12)18(25,9-24-7-6-23-11-24)10-26-16-3-1-2-14(20)17(16)22;3-1(4)2(5)6/h1-8,11,25H,9-10H2;(H,3,4)(H,5,6). The Kier molecular flexibility index (Phi) is 9.18. The second kappa shape index (κ2) is 11.4. The highest BCUT2D eigenvalue weighted by Gasteiger charge is 2.33. The van der Waals surface area contributed by atoms with E-state index in [9.17, 15) is 5.11 Å². The van der Waals surface area contributed by atoms with Gasteiger partial charge >= 0.3 is 11.9 Å². The molecule has 170 valence electrons. The average molecular weight is 522 g/mol. The van der Waals surface area contributed by atoms with Crippen molar-refractivity contribution in [2.24, 2.45) is 0 Å². The summed E-state index contributed by atoms with van der Waals surface area (Å²) < 4.78 is 7.51. The van der Waals surface area contributed by atoms with E-state index in [2.05, 4.69) is 4.98 Å². The fourth-order valence-corrected chi connectivity index (χ4v) is 3.48. The Bertz CT molecular complexity index is 1080. The second-order valence-corrected chi connectivity index (χ2v) is 7.97. The molecular weight excluding hydrogens is 506 g/mol. The molecule has 0 bridgehead atoms. The summed E-state index contributed by atoms with van der Waals surface area (Å²) in [4.78, 5) is 22.2. The molecule has 0 spiro atoms. The number of benzene rings is 2. The highest BCUT2D eigenvalue weighted by molar-refractivity contribution is 6.42. The zero-order valence-corrected chi connectivity index (χ0v) is 19.1. The number of carboxylic acid groups (broad SMARTS) is 2. The summed E-state index contributed by atoms with van der Waals surface area (Å²) in [6, 6.07) is 9.95. The van der Waals surface area contributed by atoms with E-state index in [1.165, 1.54) is 0 Å². The van der Waals surface area contributed by atoms with Crippen LogP contribution in [0, 0.1) is 0 Å². The zero-order valence-electron chi connectivity index (χ0n) is 16.1. The van der Waals surface area contributed by atoms with E-state index >= 15 is 0 Å². The van der Waals surface area contributed by atoms with E-state index in [-0.39, 0.29) is 18.2 Å². The van der Waals surface area contributed by atoms with Gasteiger partial charge in [0.2, 0.25) is 0 Å². The largest absolute Gasteiger partial charge is 0.489 e. The molecule has 3 aromatic rings. The van der Waals surface area contributed by atoms with Crippen molar-refractivity contribution in [3.05, 3.63) is 80.8 Å². The Hall–Kier alpha value is -2.49. The predicted molar refractivity (Wildman–Crippen MR) is 120 cm³/mol. The maximum atomic E-state index is 11.4. The van der Waals surface area contributed by atoms with Gasteiger partial charge in [0.15, 0.2) is 0 Å². The minimum Gasteiger partial charge on any atom is -0.489 e. The maximum absolute atomic E-state index is 11.4. The second-order valence-electron chi connectivity index (χ2n) is 6.34. The maximum Gasteiger partial charge on any atom is 0.414 e. The zero-order chi connectivity index (χ0) is 23.9. The number of aromatic nitrogens is 2. The quantitative estimate of drug-likeness (QED) is 0.404. The summed E-state index contributed by atoms with van der Waals surface area (Å²) in [5, 5.41) is 27.6. The molecule has 1 atom stereocenters. The van der Waals surface area contributed by atoms with Gasteiger partial charge in [0.05, 0.1) is 17.9 Å². The van der Waals surface area contributed by atoms with Crippen LogP contribution in [0.25, 0.3) is 0 Å². The smallest absolute Gasteiger partial charge is 0.414 e. The van der Waals surface area contributed by atoms with Crippen LogP contribution in [0.15, 0.2) is 55.1 Å². The molecule has 0 aliphatic heterocycles. The van der Waals surface area contributed by atoms with Crippen molar-refractivity contribution in [1.82, 2.24) is 9.55 Å². The molecule has 0 aliphatic rings. The molecule has 0 saturated carbocycles. The summed E-state index contributed by atoms with van der Waals surface area (Å²) in [5.74, 6) is -3.28. The Morgan fingerprint density at radius 3 is 2.28 bits per heavy atom. The van der Waals surface area contributed by atoms with Crippen LogP contribution in [0.3, 0.4) is 0 Å². The van der Waals surface area contributed by atoms with Gasteiger partial charge in [0, 0.05) is 28.0 Å². The molecule has 0 radical (unpaired) electrons. The van der Waals surface area contributed by atoms with Gasteiger partial charge in [-0.05, 0) is 24.3 Å². The van der Waals surface area contributed by atoms with Gasteiger partial charge in [-0.1, -0.05) is 58.5 Å². The number of carbonyl (C=O) groups is 2. The number of halogens is 4. The Morgan fingerprint density at radius 1 is 1.03 bits per heavy atom. The number of aliphatic carboxylic acids is 2. The first kappa shape index (κ1) is 25.8. The summed E-state index contributed by atoms with van der Waals surface area (Å²) in [7, 11) is 0. The molecule has 0 aliphatic carbocycles. The number of hydrogen-bond donors (Lipinski definition) is 3. The Morgan fingerprint density at radius 2 is 1.72 bits per heavy atom. The van der Waals surface area contributed by atoms with E-state index in [1.54, 1.807) is 59.7 Å². The van der Waals surface area contributed by atoms with Crippen LogP contribution in [-0.2, 0) is 21.7 Å². The fourth-order valence-electron chi connectivity index (χ4n) is 2.55. The molecule has 12 heteroatoms. The number of aliphatic hydroxyl groups is 1. The van der Waals surface area contributed by atoms with Crippen molar-refractivity contribution >= 4 is 58.3 Å². The predicted octanol–water partition coefficient (Wildman–Crippen LogP) is 4.62. The van der Waals surface area contributed by atoms with Crippen molar-refractivity contribution < 1.29 is 29.6 Å². The van der Waals surface area contributed by atoms with Gasteiger partial charge in [-0.3, -0.25) is 0 Å². The molecule has 3 N–H and O–H groups in total. The topological polar surface area (TPSA) is 122 Å². The number of nitrogens with zero attached hydrogens (tertiary/aromatic N) is 2. The van der Waals surface area contributed by atoms with Gasteiger partial charge in [-0.15, -0.1) is 0 Å². The Balaban J connectivity index is 0.000000534. The lowest BCUT2D eigenvalue weighted by Gasteiger charge is -2.30. The van der Waals surface area contributed by atoms with Crippen molar-refractivity contribution in [1.29, 1.82) is 0 Å².